The highest BCUT2D eigenvalue weighted by atomic mass is 35.5. The lowest BCUT2D eigenvalue weighted by Crippen LogP contribution is -2.26. The van der Waals surface area contributed by atoms with Gasteiger partial charge in [-0.2, -0.15) is 0 Å². The number of nitrogens with zero attached hydrogens (tertiary/aromatic N) is 1. The fourth-order valence-electron chi connectivity index (χ4n) is 2.02. The topological polar surface area (TPSA) is 38.5 Å². The Labute approximate surface area is 101 Å². The van der Waals surface area contributed by atoms with Crippen LogP contribution in [-0.4, -0.2) is 26.3 Å². The molecule has 4 heteroatoms. The van der Waals surface area contributed by atoms with Gasteiger partial charge in [0.1, 0.15) is 0 Å². The summed E-state index contributed by atoms with van der Waals surface area (Å²) in [5.41, 5.74) is 8.76. The van der Waals surface area contributed by atoms with Gasteiger partial charge in [0.25, 0.3) is 0 Å². The monoisotopic (exact) mass is 240 g/mol. The van der Waals surface area contributed by atoms with Gasteiger partial charge in [-0.1, -0.05) is 11.6 Å². The Morgan fingerprint density at radius 1 is 1.31 bits per heavy atom. The Hall–Kier alpha value is -0.930. The van der Waals surface area contributed by atoms with Gasteiger partial charge in [0, 0.05) is 25.4 Å². The van der Waals surface area contributed by atoms with Crippen molar-refractivity contribution in [1.82, 2.24) is 0 Å². The molecule has 0 aliphatic carbocycles. The van der Waals surface area contributed by atoms with Crippen LogP contribution in [0.5, 0.6) is 0 Å². The van der Waals surface area contributed by atoms with E-state index in [1.807, 2.05) is 12.1 Å². The Kier molecular flexibility index (Phi) is 3.56. The van der Waals surface area contributed by atoms with Crippen LogP contribution in [0.15, 0.2) is 12.1 Å². The zero-order valence-electron chi connectivity index (χ0n) is 9.50. The molecule has 2 rings (SSSR count). The molecule has 1 fully saturated rings. The molecule has 3 nitrogen and oxygen atoms in total. The quantitative estimate of drug-likeness (QED) is 0.767. The maximum absolute atomic E-state index is 6.06. The molecule has 0 atom stereocenters. The normalized spacial score (nSPS) is 17.2. The number of ether oxygens (including phenoxy) is 1. The van der Waals surface area contributed by atoms with Crippen LogP contribution < -0.4 is 10.6 Å². The van der Waals surface area contributed by atoms with Crippen LogP contribution in [0, 0.1) is 6.92 Å². The Balaban J connectivity index is 2.27. The van der Waals surface area contributed by atoms with E-state index in [0.29, 0.717) is 10.7 Å². The van der Waals surface area contributed by atoms with Crippen molar-refractivity contribution in [2.75, 3.05) is 36.9 Å². The average molecular weight is 241 g/mol. The summed E-state index contributed by atoms with van der Waals surface area (Å²) in [6.07, 6.45) is 1.06. The third kappa shape index (κ3) is 2.42. The molecule has 0 spiro atoms. The highest BCUT2D eigenvalue weighted by molar-refractivity contribution is 6.33. The number of rotatable bonds is 1. The van der Waals surface area contributed by atoms with Gasteiger partial charge in [0.05, 0.1) is 17.3 Å². The average Bonchev–Trinajstić information content (AvgIpc) is 2.52. The molecule has 1 aromatic rings. The van der Waals surface area contributed by atoms with Crippen molar-refractivity contribution in [3.05, 3.63) is 22.7 Å². The van der Waals surface area contributed by atoms with Crippen molar-refractivity contribution in [3.63, 3.8) is 0 Å². The van der Waals surface area contributed by atoms with Crippen LogP contribution in [0.2, 0.25) is 5.02 Å². The van der Waals surface area contributed by atoms with E-state index in [1.165, 1.54) is 11.3 Å². The number of anilines is 2. The lowest BCUT2D eigenvalue weighted by molar-refractivity contribution is 0.152. The first-order valence-corrected chi connectivity index (χ1v) is 5.94. The van der Waals surface area contributed by atoms with E-state index in [4.69, 9.17) is 22.1 Å². The lowest BCUT2D eigenvalue weighted by Gasteiger charge is -2.24. The van der Waals surface area contributed by atoms with E-state index in [9.17, 15) is 0 Å². The van der Waals surface area contributed by atoms with Crippen molar-refractivity contribution in [3.8, 4) is 0 Å². The summed E-state index contributed by atoms with van der Waals surface area (Å²) in [4.78, 5) is 2.31. The van der Waals surface area contributed by atoms with Crippen molar-refractivity contribution < 1.29 is 4.74 Å². The maximum Gasteiger partial charge on any atom is 0.0656 e. The summed E-state index contributed by atoms with van der Waals surface area (Å²) in [6, 6.07) is 3.89. The van der Waals surface area contributed by atoms with Crippen molar-refractivity contribution >= 4 is 23.0 Å². The molecule has 0 amide bonds. The molecule has 1 saturated heterocycles. The van der Waals surface area contributed by atoms with Gasteiger partial charge < -0.3 is 15.4 Å². The SMILES string of the molecule is Cc1cc(N)c(Cl)cc1N1CCCOCC1. The largest absolute Gasteiger partial charge is 0.398 e. The van der Waals surface area contributed by atoms with Crippen LogP contribution >= 0.6 is 11.6 Å². The first kappa shape index (κ1) is 11.6. The van der Waals surface area contributed by atoms with E-state index in [-0.39, 0.29) is 0 Å². The number of aryl methyl sites for hydroxylation is 1. The Bertz CT molecular complexity index is 374. The summed E-state index contributed by atoms with van der Waals surface area (Å²) in [7, 11) is 0. The standard InChI is InChI=1S/C12H17ClN2O/c1-9-7-11(14)10(13)8-12(9)15-3-2-5-16-6-4-15/h7-8H,2-6,14H2,1H3. The van der Waals surface area contributed by atoms with E-state index < -0.39 is 0 Å². The van der Waals surface area contributed by atoms with E-state index >= 15 is 0 Å². The minimum Gasteiger partial charge on any atom is -0.398 e. The van der Waals surface area contributed by atoms with Gasteiger partial charge >= 0.3 is 0 Å². The predicted octanol–water partition coefficient (Wildman–Crippen LogP) is 2.46. The van der Waals surface area contributed by atoms with Crippen LogP contribution in [0.1, 0.15) is 12.0 Å². The van der Waals surface area contributed by atoms with Crippen LogP contribution in [0.3, 0.4) is 0 Å². The summed E-state index contributed by atoms with van der Waals surface area (Å²) >= 11 is 6.06. The molecular weight excluding hydrogens is 224 g/mol. The van der Waals surface area contributed by atoms with Gasteiger partial charge in [-0.3, -0.25) is 0 Å². The summed E-state index contributed by atoms with van der Waals surface area (Å²) < 4.78 is 5.44. The smallest absolute Gasteiger partial charge is 0.0656 e. The molecule has 0 saturated carbocycles. The molecule has 0 bridgehead atoms. The summed E-state index contributed by atoms with van der Waals surface area (Å²) in [6.45, 7) is 5.62. The highest BCUT2D eigenvalue weighted by Crippen LogP contribution is 2.29. The van der Waals surface area contributed by atoms with Crippen molar-refractivity contribution in [2.24, 2.45) is 0 Å². The molecule has 1 heterocycles. The van der Waals surface area contributed by atoms with Gasteiger partial charge in [0.2, 0.25) is 0 Å². The third-order valence-electron chi connectivity index (χ3n) is 2.88. The third-order valence-corrected chi connectivity index (χ3v) is 3.21. The fourth-order valence-corrected chi connectivity index (χ4v) is 2.18. The molecular formula is C12H17ClN2O. The molecule has 2 N–H and O–H groups in total. The first-order valence-electron chi connectivity index (χ1n) is 5.57. The number of benzene rings is 1. The number of hydrogen-bond donors (Lipinski definition) is 1. The van der Waals surface area contributed by atoms with E-state index in [1.54, 1.807) is 0 Å². The Morgan fingerprint density at radius 3 is 2.94 bits per heavy atom. The molecule has 0 radical (unpaired) electrons. The van der Waals surface area contributed by atoms with Gasteiger partial charge in [-0.25, -0.2) is 0 Å². The van der Waals surface area contributed by atoms with E-state index in [0.717, 1.165) is 32.7 Å². The number of hydrogen-bond acceptors (Lipinski definition) is 3. The molecule has 0 aromatic heterocycles. The van der Waals surface area contributed by atoms with Crippen LogP contribution in [0.25, 0.3) is 0 Å². The molecule has 0 unspecified atom stereocenters. The zero-order valence-corrected chi connectivity index (χ0v) is 10.3. The lowest BCUT2D eigenvalue weighted by atomic mass is 10.1. The van der Waals surface area contributed by atoms with Gasteiger partial charge in [-0.05, 0) is 31.0 Å². The molecule has 1 aromatic carbocycles. The van der Waals surface area contributed by atoms with Crippen molar-refractivity contribution in [2.45, 2.75) is 13.3 Å². The second kappa shape index (κ2) is 4.93. The maximum atomic E-state index is 6.06. The highest BCUT2D eigenvalue weighted by Gasteiger charge is 2.13. The zero-order chi connectivity index (χ0) is 11.5. The first-order chi connectivity index (χ1) is 7.68. The molecule has 16 heavy (non-hydrogen) atoms. The minimum absolute atomic E-state index is 0.630. The number of nitrogens with two attached hydrogens (primary N) is 1. The van der Waals surface area contributed by atoms with Gasteiger partial charge in [-0.15, -0.1) is 0 Å². The van der Waals surface area contributed by atoms with Crippen LogP contribution in [0.4, 0.5) is 11.4 Å². The minimum atomic E-state index is 0.630. The summed E-state index contributed by atoms with van der Waals surface area (Å²) in [5.74, 6) is 0. The number of nitrogen functional groups attached to an aromatic ring is 1. The van der Waals surface area contributed by atoms with Crippen LogP contribution in [-0.2, 0) is 4.74 Å². The Morgan fingerprint density at radius 2 is 2.12 bits per heavy atom. The molecule has 1 aliphatic heterocycles. The fraction of sp³-hybridized carbons (Fsp3) is 0.500. The number of halogens is 1. The second-order valence-corrected chi connectivity index (χ2v) is 4.52. The second-order valence-electron chi connectivity index (χ2n) is 4.11. The van der Waals surface area contributed by atoms with Gasteiger partial charge in [0.15, 0.2) is 0 Å². The van der Waals surface area contributed by atoms with Crippen molar-refractivity contribution in [1.29, 1.82) is 0 Å². The van der Waals surface area contributed by atoms with E-state index in [2.05, 4.69) is 11.8 Å². The summed E-state index contributed by atoms with van der Waals surface area (Å²) in [5, 5.41) is 0.630. The predicted molar refractivity (Wildman–Crippen MR) is 68.3 cm³/mol. The molecule has 88 valence electrons. The molecule has 1 aliphatic rings.